The van der Waals surface area contributed by atoms with Crippen LogP contribution in [0, 0.1) is 22.7 Å². The molecule has 0 aliphatic carbocycles. The molecule has 0 aromatic heterocycles. The van der Waals surface area contributed by atoms with E-state index in [-0.39, 0.29) is 10.8 Å². The van der Waals surface area contributed by atoms with Gasteiger partial charge in [-0.2, -0.15) is 0 Å². The molecule has 3 fully saturated rings. The highest BCUT2D eigenvalue weighted by Crippen LogP contribution is 2.37. The Bertz CT molecular complexity index is 415. The normalized spacial score (nSPS) is 35.7. The third-order valence-electron chi connectivity index (χ3n) is 6.67. The molecule has 2 atom stereocenters. The van der Waals surface area contributed by atoms with Crippen LogP contribution in [0.5, 0.6) is 0 Å². The molecular weight excluding hydrogens is 362 g/mol. The fraction of sp³-hybridized carbons (Fsp3) is 1.00. The molecule has 0 saturated carbocycles. The maximum absolute atomic E-state index is 3.83. The first-order valence-electron chi connectivity index (χ1n) is 11.8. The molecule has 0 spiro atoms. The second kappa shape index (κ2) is 12.5. The van der Waals surface area contributed by atoms with E-state index in [9.17, 15) is 0 Å². The van der Waals surface area contributed by atoms with Crippen molar-refractivity contribution in [3.63, 3.8) is 0 Å². The maximum Gasteiger partial charge on any atom is 0.0505 e. The summed E-state index contributed by atoms with van der Waals surface area (Å²) >= 11 is 0. The Morgan fingerprint density at radius 1 is 0.655 bits per heavy atom. The van der Waals surface area contributed by atoms with Crippen molar-refractivity contribution in [1.82, 2.24) is 36.8 Å². The molecule has 3 rings (SSSR count). The zero-order chi connectivity index (χ0) is 21.2. The Hall–Kier alpha value is -0.280. The van der Waals surface area contributed by atoms with E-state index in [0.29, 0.717) is 11.8 Å². The van der Waals surface area contributed by atoms with Crippen LogP contribution in [0.3, 0.4) is 0 Å². The molecule has 7 heteroatoms. The highest BCUT2D eigenvalue weighted by atomic mass is 15.3. The van der Waals surface area contributed by atoms with E-state index in [1.54, 1.807) is 0 Å². The summed E-state index contributed by atoms with van der Waals surface area (Å²) < 4.78 is 0. The Morgan fingerprint density at radius 2 is 1.10 bits per heavy atom. The quantitative estimate of drug-likeness (QED) is 0.345. The molecule has 2 bridgehead atoms. The lowest BCUT2D eigenvalue weighted by atomic mass is 9.66. The van der Waals surface area contributed by atoms with Crippen molar-refractivity contribution >= 4 is 0 Å². The van der Waals surface area contributed by atoms with Crippen molar-refractivity contribution in [2.24, 2.45) is 22.7 Å². The minimum absolute atomic E-state index is 0.172. The first-order chi connectivity index (χ1) is 13.8. The van der Waals surface area contributed by atoms with E-state index >= 15 is 0 Å². The van der Waals surface area contributed by atoms with E-state index < -0.39 is 0 Å². The number of nitrogens with zero attached hydrogens (tertiary/aromatic N) is 1. The Balaban J connectivity index is 2.19. The summed E-state index contributed by atoms with van der Waals surface area (Å²) in [6.45, 7) is 24.1. The van der Waals surface area contributed by atoms with Crippen LogP contribution in [-0.2, 0) is 0 Å². The molecule has 29 heavy (non-hydrogen) atoms. The van der Waals surface area contributed by atoms with Gasteiger partial charge < -0.3 is 31.9 Å². The lowest BCUT2D eigenvalue weighted by Gasteiger charge is -2.46. The molecule has 3 aliphatic rings. The molecular formula is C22H49N7. The highest BCUT2D eigenvalue weighted by Gasteiger charge is 2.41. The van der Waals surface area contributed by atoms with Crippen LogP contribution in [-0.4, -0.2) is 83.8 Å². The summed E-state index contributed by atoms with van der Waals surface area (Å²) in [5.74, 6) is 1.22. The summed E-state index contributed by atoms with van der Waals surface area (Å²) in [6.07, 6.45) is 1.16. The van der Waals surface area contributed by atoms with Crippen molar-refractivity contribution in [2.45, 2.75) is 41.0 Å². The van der Waals surface area contributed by atoms with E-state index in [2.05, 4.69) is 71.4 Å². The number of hydrogen-bond acceptors (Lipinski definition) is 7. The van der Waals surface area contributed by atoms with Gasteiger partial charge in [-0.1, -0.05) is 34.6 Å². The van der Waals surface area contributed by atoms with Gasteiger partial charge in [0.25, 0.3) is 0 Å². The van der Waals surface area contributed by atoms with Crippen molar-refractivity contribution in [2.75, 3.05) is 78.9 Å². The highest BCUT2D eigenvalue weighted by molar-refractivity contribution is 4.96. The number of nitrogens with one attached hydrogen (secondary N) is 6. The topological polar surface area (TPSA) is 75.4 Å². The van der Waals surface area contributed by atoms with Gasteiger partial charge in [0.1, 0.15) is 0 Å². The lowest BCUT2D eigenvalue weighted by Crippen LogP contribution is -2.57. The van der Waals surface area contributed by atoms with Gasteiger partial charge in [-0.05, 0) is 49.9 Å². The van der Waals surface area contributed by atoms with Crippen LogP contribution in [0.2, 0.25) is 0 Å². The summed E-state index contributed by atoms with van der Waals surface area (Å²) in [6, 6.07) is 0. The minimum Gasteiger partial charge on any atom is -0.316 e. The van der Waals surface area contributed by atoms with Gasteiger partial charge in [0.15, 0.2) is 0 Å². The fourth-order valence-corrected chi connectivity index (χ4v) is 4.25. The Kier molecular flexibility index (Phi) is 10.8. The first kappa shape index (κ1) is 25.0. The van der Waals surface area contributed by atoms with Crippen LogP contribution in [0.1, 0.15) is 41.0 Å². The molecule has 0 aromatic rings. The largest absolute Gasteiger partial charge is 0.316 e. The maximum atomic E-state index is 3.83. The smallest absolute Gasteiger partial charge is 0.0505 e. The minimum atomic E-state index is 0.172. The number of fused-ring (bicyclic) bond motifs is 18. The van der Waals surface area contributed by atoms with E-state index in [4.69, 9.17) is 0 Å². The monoisotopic (exact) mass is 411 g/mol. The predicted octanol–water partition coefficient (Wildman–Crippen LogP) is 0.421. The average Bonchev–Trinajstić information content (AvgIpc) is 2.63. The predicted molar refractivity (Wildman–Crippen MR) is 124 cm³/mol. The fourth-order valence-electron chi connectivity index (χ4n) is 4.25. The van der Waals surface area contributed by atoms with Crippen LogP contribution in [0.4, 0.5) is 0 Å². The second-order valence-electron chi connectivity index (χ2n) is 10.6. The summed E-state index contributed by atoms with van der Waals surface area (Å²) in [4.78, 5) is 2.43. The first-order valence-corrected chi connectivity index (χ1v) is 11.8. The van der Waals surface area contributed by atoms with Gasteiger partial charge in [-0.3, -0.25) is 4.90 Å². The van der Waals surface area contributed by atoms with Gasteiger partial charge in [0.2, 0.25) is 0 Å². The molecule has 3 aliphatic heterocycles. The van der Waals surface area contributed by atoms with Crippen LogP contribution in [0.15, 0.2) is 0 Å². The molecule has 3 saturated heterocycles. The van der Waals surface area contributed by atoms with Gasteiger partial charge in [0.05, 0.1) is 20.0 Å². The van der Waals surface area contributed by atoms with E-state index in [0.717, 1.165) is 85.3 Å². The molecule has 7 nitrogen and oxygen atoms in total. The third kappa shape index (κ3) is 8.77. The van der Waals surface area contributed by atoms with Crippen molar-refractivity contribution in [3.05, 3.63) is 0 Å². The van der Waals surface area contributed by atoms with Crippen molar-refractivity contribution in [3.8, 4) is 0 Å². The molecule has 0 amide bonds. The summed E-state index contributed by atoms with van der Waals surface area (Å²) in [5, 5.41) is 22.4. The molecule has 172 valence electrons. The second-order valence-corrected chi connectivity index (χ2v) is 10.6. The zero-order valence-electron chi connectivity index (χ0n) is 19.8. The zero-order valence-corrected chi connectivity index (χ0v) is 19.8. The van der Waals surface area contributed by atoms with E-state index in [1.165, 1.54) is 0 Å². The summed E-state index contributed by atoms with van der Waals surface area (Å²) in [7, 11) is 0. The Labute approximate surface area is 179 Å². The lowest BCUT2D eigenvalue weighted by molar-refractivity contribution is 0.0782. The molecule has 0 radical (unpaired) electrons. The van der Waals surface area contributed by atoms with Crippen molar-refractivity contribution < 1.29 is 0 Å². The number of hydrogen-bond donors (Lipinski definition) is 6. The van der Waals surface area contributed by atoms with E-state index in [1.807, 2.05) is 0 Å². The molecule has 3 heterocycles. The number of rotatable bonds is 0. The van der Waals surface area contributed by atoms with Gasteiger partial charge in [0, 0.05) is 38.1 Å². The van der Waals surface area contributed by atoms with Crippen LogP contribution >= 0.6 is 0 Å². The molecule has 0 aromatic carbocycles. The van der Waals surface area contributed by atoms with Crippen LogP contribution in [0.25, 0.3) is 0 Å². The molecule has 6 N–H and O–H groups in total. The Morgan fingerprint density at radius 3 is 1.66 bits per heavy atom. The SMILES string of the molecule is CC1CNCN2CNCCCNCC(C(C)(C)C)(CNC1)CNCC(C)CNC2. The van der Waals surface area contributed by atoms with Gasteiger partial charge in [-0.25, -0.2) is 0 Å². The molecule has 2 unspecified atom stereocenters. The summed E-state index contributed by atoms with van der Waals surface area (Å²) in [5.41, 5.74) is 0.379. The van der Waals surface area contributed by atoms with Gasteiger partial charge in [-0.15, -0.1) is 0 Å². The van der Waals surface area contributed by atoms with Crippen molar-refractivity contribution in [1.29, 1.82) is 0 Å². The van der Waals surface area contributed by atoms with Gasteiger partial charge >= 0.3 is 0 Å². The average molecular weight is 412 g/mol. The van der Waals surface area contributed by atoms with Crippen LogP contribution < -0.4 is 31.9 Å². The standard InChI is InChI=1S/C22H49N7/c1-19-9-25-14-22(21(3,4)5)13-23-7-6-8-24-16-29(17-27-11-19)18-28-12-20(2)10-26-15-22/h19-20,23-28H,6-18H2,1-5H3. The third-order valence-corrected chi connectivity index (χ3v) is 6.67.